The first-order chi connectivity index (χ1) is 8.86. The van der Waals surface area contributed by atoms with Crippen LogP contribution in [0.4, 0.5) is 5.69 Å². The van der Waals surface area contributed by atoms with Gasteiger partial charge in [-0.2, -0.15) is 0 Å². The van der Waals surface area contributed by atoms with E-state index in [4.69, 9.17) is 5.73 Å². The van der Waals surface area contributed by atoms with Crippen molar-refractivity contribution in [1.29, 1.82) is 0 Å². The number of nitrogens with zero attached hydrogens (tertiary/aromatic N) is 2. The number of nitrogens with two attached hydrogens (primary N) is 1. The van der Waals surface area contributed by atoms with E-state index >= 15 is 0 Å². The van der Waals surface area contributed by atoms with Gasteiger partial charge in [-0.15, -0.1) is 0 Å². The quantitative estimate of drug-likeness (QED) is 0.601. The van der Waals surface area contributed by atoms with Crippen LogP contribution in [0.15, 0.2) is 12.3 Å². The molecule has 0 aliphatic rings. The second-order valence-corrected chi connectivity index (χ2v) is 4.72. The molecule has 7 nitrogen and oxygen atoms in total. The van der Waals surface area contributed by atoms with E-state index in [0.717, 1.165) is 6.42 Å². The highest BCUT2D eigenvalue weighted by atomic mass is 16.6. The molecule has 7 heteroatoms. The molecule has 0 saturated heterocycles. The summed E-state index contributed by atoms with van der Waals surface area (Å²) < 4.78 is 1.59. The van der Waals surface area contributed by atoms with E-state index in [9.17, 15) is 14.9 Å². The Morgan fingerprint density at radius 1 is 1.58 bits per heavy atom. The van der Waals surface area contributed by atoms with Crippen molar-refractivity contribution in [2.24, 2.45) is 5.73 Å². The van der Waals surface area contributed by atoms with E-state index in [1.54, 1.807) is 4.57 Å². The lowest BCUT2D eigenvalue weighted by Crippen LogP contribution is -2.37. The number of hydrogen-bond acceptors (Lipinski definition) is 4. The Kier molecular flexibility index (Phi) is 5.05. The monoisotopic (exact) mass is 268 g/mol. The minimum absolute atomic E-state index is 0.0331. The van der Waals surface area contributed by atoms with Crippen molar-refractivity contribution in [3.63, 3.8) is 0 Å². The molecular weight excluding hydrogens is 248 g/mol. The van der Waals surface area contributed by atoms with Crippen LogP contribution in [0.2, 0.25) is 0 Å². The largest absolute Gasteiger partial charge is 0.349 e. The number of aromatic nitrogens is 1. The summed E-state index contributed by atoms with van der Waals surface area (Å²) in [5.41, 5.74) is 5.92. The number of amides is 1. The van der Waals surface area contributed by atoms with Gasteiger partial charge in [0.2, 0.25) is 0 Å². The molecule has 0 bridgehead atoms. The van der Waals surface area contributed by atoms with Crippen LogP contribution in [0.5, 0.6) is 0 Å². The summed E-state index contributed by atoms with van der Waals surface area (Å²) in [6.07, 6.45) is 2.13. The fourth-order valence-electron chi connectivity index (χ4n) is 1.63. The summed E-state index contributed by atoms with van der Waals surface area (Å²) in [5, 5.41) is 13.5. The van der Waals surface area contributed by atoms with Gasteiger partial charge in [-0.25, -0.2) is 0 Å². The third-order valence-electron chi connectivity index (χ3n) is 2.88. The van der Waals surface area contributed by atoms with Gasteiger partial charge in [0.1, 0.15) is 5.69 Å². The van der Waals surface area contributed by atoms with Crippen molar-refractivity contribution < 1.29 is 9.72 Å². The van der Waals surface area contributed by atoms with Gasteiger partial charge in [-0.05, 0) is 20.3 Å². The number of hydrogen-bond donors (Lipinski definition) is 2. The Hall–Kier alpha value is -1.89. The number of carbonyl (C=O) groups is 1. The maximum atomic E-state index is 12.0. The summed E-state index contributed by atoms with van der Waals surface area (Å²) in [7, 11) is 0. The van der Waals surface area contributed by atoms with E-state index < -0.39 is 4.92 Å². The van der Waals surface area contributed by atoms with Gasteiger partial charge in [-0.3, -0.25) is 14.9 Å². The maximum Gasteiger partial charge on any atom is 0.287 e. The molecule has 19 heavy (non-hydrogen) atoms. The first kappa shape index (κ1) is 15.2. The molecule has 1 amide bonds. The highest BCUT2D eigenvalue weighted by Gasteiger charge is 2.20. The second-order valence-electron chi connectivity index (χ2n) is 4.72. The molecule has 0 fully saturated rings. The van der Waals surface area contributed by atoms with Crippen molar-refractivity contribution in [2.75, 3.05) is 6.54 Å². The third kappa shape index (κ3) is 3.78. The standard InChI is InChI=1S/C12H20N4O3/c1-4-9(13)6-14-12(17)11-5-10(16(18)19)7-15(11)8(2)3/h5,7-9H,4,6,13H2,1-3H3,(H,14,17). The molecule has 0 spiro atoms. The minimum Gasteiger partial charge on any atom is -0.349 e. The first-order valence-electron chi connectivity index (χ1n) is 6.26. The predicted octanol–water partition coefficient (Wildman–Crippen LogP) is 1.44. The highest BCUT2D eigenvalue weighted by Crippen LogP contribution is 2.20. The van der Waals surface area contributed by atoms with Crippen LogP contribution in [0.3, 0.4) is 0 Å². The lowest BCUT2D eigenvalue weighted by Gasteiger charge is -2.14. The number of nitrogens with one attached hydrogen (secondary N) is 1. The van der Waals surface area contributed by atoms with Crippen molar-refractivity contribution in [3.05, 3.63) is 28.1 Å². The average Bonchev–Trinajstić information content (AvgIpc) is 2.80. The van der Waals surface area contributed by atoms with Crippen LogP contribution in [0, 0.1) is 10.1 Å². The Balaban J connectivity index is 2.91. The fraction of sp³-hybridized carbons (Fsp3) is 0.583. The smallest absolute Gasteiger partial charge is 0.287 e. The SMILES string of the molecule is CCC(N)CNC(=O)c1cc([N+](=O)[O-])cn1C(C)C. The lowest BCUT2D eigenvalue weighted by atomic mass is 10.2. The zero-order chi connectivity index (χ0) is 14.6. The van der Waals surface area contributed by atoms with E-state index in [2.05, 4.69) is 5.32 Å². The van der Waals surface area contributed by atoms with Crippen LogP contribution in [-0.4, -0.2) is 28.0 Å². The summed E-state index contributed by atoms with van der Waals surface area (Å²) >= 11 is 0. The first-order valence-corrected chi connectivity index (χ1v) is 6.26. The van der Waals surface area contributed by atoms with Crippen LogP contribution >= 0.6 is 0 Å². The van der Waals surface area contributed by atoms with Gasteiger partial charge in [0.25, 0.3) is 11.6 Å². The zero-order valence-corrected chi connectivity index (χ0v) is 11.4. The van der Waals surface area contributed by atoms with Crippen molar-refractivity contribution in [1.82, 2.24) is 9.88 Å². The number of carbonyl (C=O) groups excluding carboxylic acids is 1. The summed E-state index contributed by atoms with van der Waals surface area (Å²) in [6.45, 7) is 6.00. The molecule has 0 aliphatic carbocycles. The molecule has 1 unspecified atom stereocenters. The normalized spacial score (nSPS) is 12.5. The number of nitro groups is 1. The summed E-state index contributed by atoms with van der Waals surface area (Å²) in [4.78, 5) is 22.3. The second kappa shape index (κ2) is 6.33. The Morgan fingerprint density at radius 2 is 2.21 bits per heavy atom. The van der Waals surface area contributed by atoms with E-state index in [0.29, 0.717) is 6.54 Å². The molecule has 1 atom stereocenters. The molecule has 0 radical (unpaired) electrons. The van der Waals surface area contributed by atoms with Gasteiger partial charge < -0.3 is 15.6 Å². The predicted molar refractivity (Wildman–Crippen MR) is 72.1 cm³/mol. The van der Waals surface area contributed by atoms with Gasteiger partial charge >= 0.3 is 0 Å². The van der Waals surface area contributed by atoms with Crippen molar-refractivity contribution in [2.45, 2.75) is 39.3 Å². The molecular formula is C12H20N4O3. The summed E-state index contributed by atoms with van der Waals surface area (Å²) in [5.74, 6) is -0.342. The average molecular weight is 268 g/mol. The van der Waals surface area contributed by atoms with Crippen molar-refractivity contribution >= 4 is 11.6 Å². The Morgan fingerprint density at radius 3 is 2.68 bits per heavy atom. The van der Waals surface area contributed by atoms with Gasteiger partial charge in [0.15, 0.2) is 0 Å². The van der Waals surface area contributed by atoms with Crippen LogP contribution in [0.1, 0.15) is 43.7 Å². The van der Waals surface area contributed by atoms with Gasteiger partial charge in [0, 0.05) is 24.7 Å². The molecule has 1 rings (SSSR count). The topological polar surface area (TPSA) is 103 Å². The van der Waals surface area contributed by atoms with Crippen molar-refractivity contribution in [3.8, 4) is 0 Å². The molecule has 1 heterocycles. The van der Waals surface area contributed by atoms with E-state index in [-0.39, 0.29) is 29.4 Å². The van der Waals surface area contributed by atoms with E-state index in [1.165, 1.54) is 12.3 Å². The van der Waals surface area contributed by atoms with E-state index in [1.807, 2.05) is 20.8 Å². The molecule has 1 aromatic rings. The number of rotatable bonds is 6. The molecule has 0 aromatic carbocycles. The van der Waals surface area contributed by atoms with Crippen LogP contribution < -0.4 is 11.1 Å². The van der Waals surface area contributed by atoms with Crippen LogP contribution in [-0.2, 0) is 0 Å². The molecule has 106 valence electrons. The zero-order valence-electron chi connectivity index (χ0n) is 11.4. The Labute approximate surface area is 111 Å². The maximum absolute atomic E-state index is 12.0. The Bertz CT molecular complexity index is 468. The van der Waals surface area contributed by atoms with Crippen LogP contribution in [0.25, 0.3) is 0 Å². The highest BCUT2D eigenvalue weighted by molar-refractivity contribution is 5.93. The molecule has 0 saturated carbocycles. The molecule has 1 aromatic heterocycles. The fourth-order valence-corrected chi connectivity index (χ4v) is 1.63. The molecule has 0 aliphatic heterocycles. The molecule has 3 N–H and O–H groups in total. The third-order valence-corrected chi connectivity index (χ3v) is 2.88. The lowest BCUT2D eigenvalue weighted by molar-refractivity contribution is -0.384. The van der Waals surface area contributed by atoms with Gasteiger partial charge in [0.05, 0.1) is 11.1 Å². The minimum atomic E-state index is -0.507. The summed E-state index contributed by atoms with van der Waals surface area (Å²) in [6, 6.07) is 1.14. The van der Waals surface area contributed by atoms with Gasteiger partial charge in [-0.1, -0.05) is 6.92 Å².